The van der Waals surface area contributed by atoms with Gasteiger partial charge in [-0.25, -0.2) is 0 Å². The zero-order valence-electron chi connectivity index (χ0n) is 24.8. The first-order valence-corrected chi connectivity index (χ1v) is 14.4. The second kappa shape index (κ2) is 11.8. The van der Waals surface area contributed by atoms with Gasteiger partial charge in [-0.15, -0.1) is 0 Å². The first-order valence-electron chi connectivity index (χ1n) is 14.4. The molecule has 1 unspecified atom stereocenters. The van der Waals surface area contributed by atoms with Crippen molar-refractivity contribution in [2.45, 2.75) is 111 Å². The zero-order chi connectivity index (χ0) is 29.2. The Bertz CT molecular complexity index is 949. The maximum absolute atomic E-state index is 13.0. The molecule has 3 fully saturated rings. The topological polar surface area (TPSA) is 125 Å². The molecule has 0 aromatic carbocycles. The molecular formula is C30H48O9. The van der Waals surface area contributed by atoms with Crippen molar-refractivity contribution in [3.63, 3.8) is 0 Å². The van der Waals surface area contributed by atoms with Gasteiger partial charge in [0.05, 0.1) is 25.6 Å². The lowest BCUT2D eigenvalue weighted by Gasteiger charge is -2.63. The Hall–Kier alpha value is -2.16. The van der Waals surface area contributed by atoms with Crippen LogP contribution in [0.4, 0.5) is 0 Å². The number of ether oxygens (including phenoxy) is 4. The van der Waals surface area contributed by atoms with Gasteiger partial charge < -0.3 is 24.1 Å². The summed E-state index contributed by atoms with van der Waals surface area (Å²) >= 11 is 0. The van der Waals surface area contributed by atoms with Crippen LogP contribution in [0.2, 0.25) is 0 Å². The summed E-state index contributed by atoms with van der Waals surface area (Å²) in [5.41, 5.74) is -3.01. The first-order chi connectivity index (χ1) is 18.1. The summed E-state index contributed by atoms with van der Waals surface area (Å²) in [6, 6.07) is 0. The summed E-state index contributed by atoms with van der Waals surface area (Å²) < 4.78 is 21.6. The fraction of sp³-hybridized carbons (Fsp3) is 0.867. The molecule has 0 radical (unpaired) electrons. The van der Waals surface area contributed by atoms with E-state index in [1.54, 1.807) is 6.92 Å². The van der Waals surface area contributed by atoms with Crippen molar-refractivity contribution in [3.05, 3.63) is 0 Å². The van der Waals surface area contributed by atoms with Crippen molar-refractivity contribution in [3.8, 4) is 0 Å². The summed E-state index contributed by atoms with van der Waals surface area (Å²) in [4.78, 5) is 49.4. The van der Waals surface area contributed by atoms with E-state index in [0.29, 0.717) is 6.42 Å². The summed E-state index contributed by atoms with van der Waals surface area (Å²) in [6.07, 6.45) is 5.09. The van der Waals surface area contributed by atoms with Gasteiger partial charge >= 0.3 is 23.9 Å². The standard InChI is InChI=1S/C30H48O9/c1-8-37-24(33)16-30(35,18-38-19(2)31)17-27(4)15-12-22-21(25(27)39-20(3)32)10-11-23-28(22,5)13-9-14-29(23,6)26(34)36-7/h21-23,25,35H,8-18H2,1-7H3/t21-,22+,23-,25+,27-,28-,29-,30?/m1/s1. The molecule has 9 heteroatoms. The van der Waals surface area contributed by atoms with Gasteiger partial charge in [0.2, 0.25) is 0 Å². The molecule has 0 heterocycles. The second-order valence-electron chi connectivity index (χ2n) is 13.1. The van der Waals surface area contributed by atoms with E-state index in [1.165, 1.54) is 21.0 Å². The van der Waals surface area contributed by atoms with E-state index in [-0.39, 0.29) is 55.2 Å². The monoisotopic (exact) mass is 552 g/mol. The average molecular weight is 553 g/mol. The molecule has 3 saturated carbocycles. The Kier molecular flexibility index (Phi) is 9.45. The summed E-state index contributed by atoms with van der Waals surface area (Å²) in [6.45, 7) is 10.5. The number of methoxy groups -OCH3 is 1. The van der Waals surface area contributed by atoms with Crippen LogP contribution >= 0.6 is 0 Å². The SMILES string of the molecule is CCOC(=O)CC(O)(COC(C)=O)C[C@@]1(C)CC[C@H]2[C@@H](CC[C@@H]3[C@]2(C)CCC[C@@]3(C)C(=O)OC)[C@@H]1OC(C)=O. The predicted octanol–water partition coefficient (Wildman–Crippen LogP) is 4.37. The van der Waals surface area contributed by atoms with Crippen molar-refractivity contribution in [1.29, 1.82) is 0 Å². The van der Waals surface area contributed by atoms with Gasteiger partial charge in [-0.1, -0.05) is 20.3 Å². The summed E-state index contributed by atoms with van der Waals surface area (Å²) in [5.74, 6) is -1.25. The van der Waals surface area contributed by atoms with Gasteiger partial charge in [0, 0.05) is 19.3 Å². The maximum Gasteiger partial charge on any atom is 0.311 e. The second-order valence-corrected chi connectivity index (χ2v) is 13.1. The molecule has 3 aliphatic rings. The van der Waals surface area contributed by atoms with E-state index in [4.69, 9.17) is 18.9 Å². The molecule has 1 N–H and O–H groups in total. The van der Waals surface area contributed by atoms with E-state index in [1.807, 2.05) is 13.8 Å². The Morgan fingerprint density at radius 1 is 0.949 bits per heavy atom. The molecule has 0 spiro atoms. The molecular weight excluding hydrogens is 504 g/mol. The molecule has 9 nitrogen and oxygen atoms in total. The molecule has 3 rings (SSSR count). The zero-order valence-corrected chi connectivity index (χ0v) is 24.8. The van der Waals surface area contributed by atoms with Gasteiger partial charge in [0.25, 0.3) is 0 Å². The lowest BCUT2D eigenvalue weighted by Crippen LogP contribution is -2.61. The Morgan fingerprint density at radius 3 is 2.23 bits per heavy atom. The third kappa shape index (κ3) is 6.28. The van der Waals surface area contributed by atoms with Crippen molar-refractivity contribution in [2.75, 3.05) is 20.3 Å². The van der Waals surface area contributed by atoms with Crippen molar-refractivity contribution in [2.24, 2.45) is 34.0 Å². The number of fused-ring (bicyclic) bond motifs is 3. The van der Waals surface area contributed by atoms with Crippen LogP contribution in [0.25, 0.3) is 0 Å². The van der Waals surface area contributed by atoms with E-state index in [9.17, 15) is 24.3 Å². The highest BCUT2D eigenvalue weighted by molar-refractivity contribution is 5.77. The molecule has 0 saturated heterocycles. The van der Waals surface area contributed by atoms with Crippen LogP contribution in [0.5, 0.6) is 0 Å². The first kappa shape index (κ1) is 31.4. The average Bonchev–Trinajstić information content (AvgIpc) is 2.83. The van der Waals surface area contributed by atoms with Gasteiger partial charge in [-0.05, 0) is 82.0 Å². The van der Waals surface area contributed by atoms with E-state index < -0.39 is 40.4 Å². The predicted molar refractivity (Wildman–Crippen MR) is 142 cm³/mol. The summed E-state index contributed by atoms with van der Waals surface area (Å²) in [7, 11) is 1.46. The van der Waals surface area contributed by atoms with Crippen LogP contribution in [0.1, 0.15) is 99.3 Å². The highest BCUT2D eigenvalue weighted by atomic mass is 16.6. The molecule has 0 aliphatic heterocycles. The van der Waals surface area contributed by atoms with Gasteiger partial charge in [-0.2, -0.15) is 0 Å². The Morgan fingerprint density at radius 2 is 1.64 bits per heavy atom. The normalized spacial score (nSPS) is 37.3. The molecule has 3 aliphatic carbocycles. The van der Waals surface area contributed by atoms with Crippen LogP contribution in [0.3, 0.4) is 0 Å². The third-order valence-corrected chi connectivity index (χ3v) is 10.2. The molecule has 0 aromatic heterocycles. The van der Waals surface area contributed by atoms with E-state index >= 15 is 0 Å². The highest BCUT2D eigenvalue weighted by Gasteiger charge is 2.63. The maximum atomic E-state index is 13.0. The minimum atomic E-state index is -1.67. The Labute approximate surface area is 232 Å². The molecule has 0 bridgehead atoms. The quantitative estimate of drug-likeness (QED) is 0.328. The van der Waals surface area contributed by atoms with Gasteiger partial charge in [-0.3, -0.25) is 19.2 Å². The van der Waals surface area contributed by atoms with E-state index in [0.717, 1.165) is 38.5 Å². The molecule has 0 aromatic rings. The van der Waals surface area contributed by atoms with Crippen LogP contribution < -0.4 is 0 Å². The Balaban J connectivity index is 1.95. The number of hydrogen-bond acceptors (Lipinski definition) is 9. The minimum absolute atomic E-state index is 0.0365. The third-order valence-electron chi connectivity index (χ3n) is 10.2. The number of rotatable bonds is 9. The number of hydrogen-bond donors (Lipinski definition) is 1. The fourth-order valence-electron chi connectivity index (χ4n) is 8.81. The lowest BCUT2D eigenvalue weighted by atomic mass is 9.42. The summed E-state index contributed by atoms with van der Waals surface area (Å²) in [5, 5.41) is 11.6. The number of carbonyl (C=O) groups is 4. The molecule has 222 valence electrons. The lowest BCUT2D eigenvalue weighted by molar-refractivity contribution is -0.210. The smallest absolute Gasteiger partial charge is 0.311 e. The van der Waals surface area contributed by atoms with Crippen LogP contribution in [-0.4, -0.2) is 61.0 Å². The van der Waals surface area contributed by atoms with Crippen molar-refractivity contribution in [1.82, 2.24) is 0 Å². The van der Waals surface area contributed by atoms with Crippen LogP contribution in [0.15, 0.2) is 0 Å². The van der Waals surface area contributed by atoms with Gasteiger partial charge in [0.15, 0.2) is 0 Å². The minimum Gasteiger partial charge on any atom is -0.469 e. The molecule has 0 amide bonds. The number of esters is 4. The van der Waals surface area contributed by atoms with Gasteiger partial charge in [0.1, 0.15) is 18.3 Å². The largest absolute Gasteiger partial charge is 0.469 e. The van der Waals surface area contributed by atoms with Crippen molar-refractivity contribution < 1.29 is 43.2 Å². The highest BCUT2D eigenvalue weighted by Crippen LogP contribution is 2.66. The van der Waals surface area contributed by atoms with E-state index in [2.05, 4.69) is 6.92 Å². The van der Waals surface area contributed by atoms with Crippen molar-refractivity contribution >= 4 is 23.9 Å². The molecule has 8 atom stereocenters. The number of aliphatic hydroxyl groups is 1. The number of carbonyl (C=O) groups excluding carboxylic acids is 4. The fourth-order valence-corrected chi connectivity index (χ4v) is 8.81. The van der Waals surface area contributed by atoms with Crippen LogP contribution in [0, 0.1) is 34.0 Å². The molecule has 39 heavy (non-hydrogen) atoms. The van der Waals surface area contributed by atoms with Crippen LogP contribution in [-0.2, 0) is 38.1 Å².